The third-order valence-electron chi connectivity index (χ3n) is 1.52. The summed E-state index contributed by atoms with van der Waals surface area (Å²) in [7, 11) is 0. The minimum Gasteiger partial charge on any atom is -0.478 e. The topological polar surface area (TPSA) is 61.2 Å². The van der Waals surface area contributed by atoms with E-state index in [2.05, 4.69) is 0 Å². The lowest BCUT2D eigenvalue weighted by Gasteiger charge is -1.93. The van der Waals surface area contributed by atoms with Crippen LogP contribution in [0, 0.1) is 5.41 Å². The summed E-state index contributed by atoms with van der Waals surface area (Å²) in [6, 6.07) is 7.04. The zero-order valence-corrected chi connectivity index (χ0v) is 6.90. The Labute approximate surface area is 75.8 Å². The van der Waals surface area contributed by atoms with Crippen LogP contribution < -0.4 is 0 Å². The van der Waals surface area contributed by atoms with Crippen molar-refractivity contribution >= 4 is 18.3 Å². The highest BCUT2D eigenvalue weighted by molar-refractivity contribution is 5.85. The molecule has 1 aromatic carbocycles. The van der Waals surface area contributed by atoms with Crippen molar-refractivity contribution in [1.82, 2.24) is 0 Å². The van der Waals surface area contributed by atoms with Crippen molar-refractivity contribution in [2.75, 3.05) is 0 Å². The molecule has 0 saturated carbocycles. The molecule has 0 bridgehead atoms. The first-order chi connectivity index (χ1) is 6.22. The Kier molecular flexibility index (Phi) is 2.97. The summed E-state index contributed by atoms with van der Waals surface area (Å²) in [5, 5.41) is 15.3. The zero-order chi connectivity index (χ0) is 9.68. The fraction of sp³-hybridized carbons (Fsp3) is 0. The molecular formula is C10H9NO2. The first-order valence-corrected chi connectivity index (χ1v) is 3.74. The van der Waals surface area contributed by atoms with Crippen LogP contribution >= 0.6 is 0 Å². The zero-order valence-electron chi connectivity index (χ0n) is 6.90. The van der Waals surface area contributed by atoms with Crippen molar-refractivity contribution in [3.63, 3.8) is 0 Å². The van der Waals surface area contributed by atoms with E-state index in [0.29, 0.717) is 0 Å². The summed E-state index contributed by atoms with van der Waals surface area (Å²) in [5.74, 6) is -0.962. The molecule has 3 nitrogen and oxygen atoms in total. The molecule has 0 heterocycles. The smallest absolute Gasteiger partial charge is 0.328 e. The number of hydrogen-bond acceptors (Lipinski definition) is 2. The van der Waals surface area contributed by atoms with Gasteiger partial charge in [0.2, 0.25) is 0 Å². The fourth-order valence-electron chi connectivity index (χ4n) is 0.871. The average molecular weight is 175 g/mol. The van der Waals surface area contributed by atoms with Crippen molar-refractivity contribution < 1.29 is 9.90 Å². The number of aliphatic carboxylic acids is 1. The van der Waals surface area contributed by atoms with Crippen LogP contribution in [0.4, 0.5) is 0 Å². The van der Waals surface area contributed by atoms with Crippen LogP contribution in [0.1, 0.15) is 11.1 Å². The van der Waals surface area contributed by atoms with Gasteiger partial charge < -0.3 is 10.5 Å². The van der Waals surface area contributed by atoms with Gasteiger partial charge in [0.15, 0.2) is 0 Å². The van der Waals surface area contributed by atoms with Crippen LogP contribution in [0.15, 0.2) is 30.3 Å². The quantitative estimate of drug-likeness (QED) is 0.543. The fourth-order valence-corrected chi connectivity index (χ4v) is 0.871. The van der Waals surface area contributed by atoms with Crippen LogP contribution in [0.2, 0.25) is 0 Å². The maximum atomic E-state index is 10.2. The van der Waals surface area contributed by atoms with Gasteiger partial charge in [-0.3, -0.25) is 0 Å². The van der Waals surface area contributed by atoms with Crippen molar-refractivity contribution in [2.24, 2.45) is 0 Å². The molecule has 0 aliphatic rings. The SMILES string of the molecule is N=Cc1ccc(/C=C/C(=O)O)cc1. The molecule has 0 unspecified atom stereocenters. The molecule has 0 aromatic heterocycles. The van der Waals surface area contributed by atoms with Crippen LogP contribution in [0.5, 0.6) is 0 Å². The highest BCUT2D eigenvalue weighted by Crippen LogP contribution is 2.04. The number of rotatable bonds is 3. The van der Waals surface area contributed by atoms with E-state index in [1.54, 1.807) is 24.3 Å². The summed E-state index contributed by atoms with van der Waals surface area (Å²) in [6.07, 6.45) is 3.83. The number of nitrogens with one attached hydrogen (secondary N) is 1. The second-order valence-electron chi connectivity index (χ2n) is 2.48. The van der Waals surface area contributed by atoms with Gasteiger partial charge in [0, 0.05) is 12.3 Å². The Hall–Kier alpha value is -1.90. The van der Waals surface area contributed by atoms with Crippen molar-refractivity contribution in [3.8, 4) is 0 Å². The third kappa shape index (κ3) is 2.91. The second kappa shape index (κ2) is 4.21. The Bertz CT molecular complexity index is 338. The van der Waals surface area contributed by atoms with Gasteiger partial charge in [-0.15, -0.1) is 0 Å². The predicted molar refractivity (Wildman–Crippen MR) is 51.0 cm³/mol. The molecule has 0 spiro atoms. The normalized spacial score (nSPS) is 10.2. The van der Waals surface area contributed by atoms with Crippen LogP contribution in [-0.4, -0.2) is 17.3 Å². The number of carboxylic acids is 1. The molecule has 1 rings (SSSR count). The molecule has 0 fully saturated rings. The van der Waals surface area contributed by atoms with Crippen LogP contribution in [0.3, 0.4) is 0 Å². The summed E-state index contributed by atoms with van der Waals surface area (Å²) in [4.78, 5) is 10.2. The molecule has 0 amide bonds. The number of carbonyl (C=O) groups is 1. The molecule has 0 radical (unpaired) electrons. The molecule has 0 aliphatic carbocycles. The van der Waals surface area contributed by atoms with E-state index in [4.69, 9.17) is 10.5 Å². The lowest BCUT2D eigenvalue weighted by atomic mass is 10.1. The van der Waals surface area contributed by atoms with E-state index >= 15 is 0 Å². The Balaban J connectivity index is 2.80. The maximum Gasteiger partial charge on any atom is 0.328 e. The van der Waals surface area contributed by atoms with Gasteiger partial charge in [0.05, 0.1) is 0 Å². The average Bonchev–Trinajstić information content (AvgIpc) is 2.15. The molecule has 13 heavy (non-hydrogen) atoms. The van der Waals surface area contributed by atoms with E-state index in [9.17, 15) is 4.79 Å². The first-order valence-electron chi connectivity index (χ1n) is 3.74. The molecular weight excluding hydrogens is 166 g/mol. The first kappa shape index (κ1) is 9.19. The lowest BCUT2D eigenvalue weighted by Crippen LogP contribution is -1.85. The monoisotopic (exact) mass is 175 g/mol. The number of hydrogen-bond donors (Lipinski definition) is 2. The van der Waals surface area contributed by atoms with Crippen molar-refractivity contribution in [1.29, 1.82) is 5.41 Å². The van der Waals surface area contributed by atoms with E-state index in [1.807, 2.05) is 0 Å². The number of carboxylic acid groups (broad SMARTS) is 1. The van der Waals surface area contributed by atoms with Crippen molar-refractivity contribution in [2.45, 2.75) is 0 Å². The Morgan fingerprint density at radius 2 is 1.77 bits per heavy atom. The van der Waals surface area contributed by atoms with Gasteiger partial charge in [0.1, 0.15) is 0 Å². The molecule has 66 valence electrons. The standard InChI is InChI=1S/C10H9NO2/c11-7-9-3-1-8(2-4-9)5-6-10(12)13/h1-7,11H,(H,12,13)/b6-5+,11-7?. The predicted octanol–water partition coefficient (Wildman–Crippen LogP) is 1.78. The Morgan fingerprint density at radius 1 is 1.23 bits per heavy atom. The summed E-state index contributed by atoms with van der Waals surface area (Å²) in [6.45, 7) is 0. The van der Waals surface area contributed by atoms with Gasteiger partial charge in [-0.1, -0.05) is 24.3 Å². The van der Waals surface area contributed by atoms with Gasteiger partial charge in [-0.2, -0.15) is 0 Å². The highest BCUT2D eigenvalue weighted by atomic mass is 16.4. The molecule has 1 aromatic rings. The van der Waals surface area contributed by atoms with Gasteiger partial charge >= 0.3 is 5.97 Å². The van der Waals surface area contributed by atoms with E-state index < -0.39 is 5.97 Å². The van der Waals surface area contributed by atoms with E-state index in [1.165, 1.54) is 12.3 Å². The van der Waals surface area contributed by atoms with Crippen molar-refractivity contribution in [3.05, 3.63) is 41.5 Å². The third-order valence-corrected chi connectivity index (χ3v) is 1.52. The molecule has 2 N–H and O–H groups in total. The highest BCUT2D eigenvalue weighted by Gasteiger charge is 1.89. The number of benzene rings is 1. The minimum absolute atomic E-state index is 0.799. The van der Waals surface area contributed by atoms with E-state index in [-0.39, 0.29) is 0 Å². The lowest BCUT2D eigenvalue weighted by molar-refractivity contribution is -0.131. The van der Waals surface area contributed by atoms with Crippen LogP contribution in [-0.2, 0) is 4.79 Å². The summed E-state index contributed by atoms with van der Waals surface area (Å²) < 4.78 is 0. The molecule has 0 aliphatic heterocycles. The Morgan fingerprint density at radius 3 is 2.23 bits per heavy atom. The van der Waals surface area contributed by atoms with Gasteiger partial charge in [-0.25, -0.2) is 4.79 Å². The van der Waals surface area contributed by atoms with Crippen LogP contribution in [0.25, 0.3) is 6.08 Å². The van der Waals surface area contributed by atoms with E-state index in [0.717, 1.165) is 17.2 Å². The second-order valence-corrected chi connectivity index (χ2v) is 2.48. The maximum absolute atomic E-state index is 10.2. The van der Waals surface area contributed by atoms with Gasteiger partial charge in [-0.05, 0) is 17.2 Å². The largest absolute Gasteiger partial charge is 0.478 e. The molecule has 0 atom stereocenters. The van der Waals surface area contributed by atoms with Gasteiger partial charge in [0.25, 0.3) is 0 Å². The molecule has 0 saturated heterocycles. The summed E-state index contributed by atoms with van der Waals surface area (Å²) >= 11 is 0. The molecule has 3 heteroatoms. The minimum atomic E-state index is -0.962. The summed E-state index contributed by atoms with van der Waals surface area (Å²) in [5.41, 5.74) is 1.61.